The van der Waals surface area contributed by atoms with Crippen LogP contribution in [0.15, 0.2) is 4.99 Å². The van der Waals surface area contributed by atoms with Gasteiger partial charge in [0.25, 0.3) is 0 Å². The zero-order valence-corrected chi connectivity index (χ0v) is 15.2. The molecule has 0 radical (unpaired) electrons. The quantitative estimate of drug-likeness (QED) is 0.497. The van der Waals surface area contributed by atoms with E-state index in [0.29, 0.717) is 18.6 Å². The van der Waals surface area contributed by atoms with Gasteiger partial charge in [0.05, 0.1) is 12.1 Å². The normalized spacial score (nSPS) is 18.8. The van der Waals surface area contributed by atoms with Crippen LogP contribution in [0.4, 0.5) is 0 Å². The Morgan fingerprint density at radius 1 is 1.23 bits per heavy atom. The third kappa shape index (κ3) is 6.13. The fourth-order valence-electron chi connectivity index (χ4n) is 2.77. The largest absolute Gasteiger partial charge is 0.388 e. The number of nitrogens with one attached hydrogen (secondary N) is 2. The maximum atomic E-state index is 10.4. The lowest BCUT2D eigenvalue weighted by Gasteiger charge is -2.35. The number of piperidine rings is 1. The smallest absolute Gasteiger partial charge is 0.191 e. The number of likely N-dealkylation sites (tertiary alicyclic amines) is 1. The van der Waals surface area contributed by atoms with E-state index in [-0.39, 0.29) is 0 Å². The molecule has 0 aromatic heterocycles. The fourth-order valence-corrected chi connectivity index (χ4v) is 2.77. The molecule has 0 aromatic rings. The highest BCUT2D eigenvalue weighted by molar-refractivity contribution is 5.80. The molecule has 1 heterocycles. The van der Waals surface area contributed by atoms with Crippen LogP contribution in [0.25, 0.3) is 0 Å². The standard InChI is InChI=1S/C17H36N4O/c1-6-17(22,7-2)13-19-16(18-8-3)20-15-9-11-21(12-10-15)14(4)5/h14-15,22H,6-13H2,1-5H3,(H2,18,19,20). The second-order valence-electron chi connectivity index (χ2n) is 6.67. The highest BCUT2D eigenvalue weighted by Gasteiger charge is 2.23. The van der Waals surface area contributed by atoms with Crippen molar-refractivity contribution in [2.24, 2.45) is 4.99 Å². The van der Waals surface area contributed by atoms with E-state index >= 15 is 0 Å². The Labute approximate surface area is 136 Å². The van der Waals surface area contributed by atoms with Crippen LogP contribution in [0.2, 0.25) is 0 Å². The van der Waals surface area contributed by atoms with Gasteiger partial charge in [-0.25, -0.2) is 0 Å². The first-order chi connectivity index (χ1) is 10.4. The SMILES string of the molecule is CCNC(=NCC(O)(CC)CC)NC1CCN(C(C)C)CC1. The van der Waals surface area contributed by atoms with Gasteiger partial charge in [-0.15, -0.1) is 0 Å². The molecule has 0 aromatic carbocycles. The Kier molecular flexibility index (Phi) is 8.18. The van der Waals surface area contributed by atoms with E-state index in [9.17, 15) is 5.11 Å². The molecule has 0 amide bonds. The molecule has 1 rings (SSSR count). The van der Waals surface area contributed by atoms with Crippen LogP contribution < -0.4 is 10.6 Å². The van der Waals surface area contributed by atoms with Crippen LogP contribution >= 0.6 is 0 Å². The van der Waals surface area contributed by atoms with Gasteiger partial charge in [0.15, 0.2) is 5.96 Å². The molecule has 0 spiro atoms. The number of aliphatic imine (C=N–C) groups is 1. The van der Waals surface area contributed by atoms with Gasteiger partial charge in [-0.2, -0.15) is 0 Å². The molecule has 0 bridgehead atoms. The molecule has 1 fully saturated rings. The molecule has 3 N–H and O–H groups in total. The molecular weight excluding hydrogens is 276 g/mol. The van der Waals surface area contributed by atoms with Crippen molar-refractivity contribution >= 4 is 5.96 Å². The minimum absolute atomic E-state index is 0.459. The van der Waals surface area contributed by atoms with Crippen molar-refractivity contribution in [2.45, 2.75) is 78.0 Å². The molecule has 1 aliphatic heterocycles. The van der Waals surface area contributed by atoms with Crippen molar-refractivity contribution in [2.75, 3.05) is 26.2 Å². The third-order valence-corrected chi connectivity index (χ3v) is 4.79. The molecule has 0 unspecified atom stereocenters. The van der Waals surface area contributed by atoms with E-state index in [1.165, 1.54) is 0 Å². The summed E-state index contributed by atoms with van der Waals surface area (Å²) < 4.78 is 0. The number of hydrogen-bond donors (Lipinski definition) is 3. The van der Waals surface area contributed by atoms with Gasteiger partial charge >= 0.3 is 0 Å². The highest BCUT2D eigenvalue weighted by Crippen LogP contribution is 2.15. The zero-order chi connectivity index (χ0) is 16.6. The molecule has 130 valence electrons. The van der Waals surface area contributed by atoms with Gasteiger partial charge in [0, 0.05) is 31.7 Å². The number of aliphatic hydroxyl groups is 1. The summed E-state index contributed by atoms with van der Waals surface area (Å²) in [6.07, 6.45) is 3.77. The number of rotatable bonds is 7. The summed E-state index contributed by atoms with van der Waals surface area (Å²) in [6, 6.07) is 1.11. The number of guanidine groups is 1. The first kappa shape index (κ1) is 19.2. The van der Waals surface area contributed by atoms with Crippen molar-refractivity contribution in [1.82, 2.24) is 15.5 Å². The number of nitrogens with zero attached hydrogens (tertiary/aromatic N) is 2. The molecule has 1 saturated heterocycles. The zero-order valence-electron chi connectivity index (χ0n) is 15.2. The van der Waals surface area contributed by atoms with E-state index in [1.807, 2.05) is 13.8 Å². The fraction of sp³-hybridized carbons (Fsp3) is 0.941. The van der Waals surface area contributed by atoms with Crippen LogP contribution in [0, 0.1) is 0 Å². The van der Waals surface area contributed by atoms with Gasteiger partial charge < -0.3 is 20.6 Å². The lowest BCUT2D eigenvalue weighted by atomic mass is 9.98. The Bertz CT molecular complexity index is 332. The van der Waals surface area contributed by atoms with Gasteiger partial charge in [0.2, 0.25) is 0 Å². The molecular formula is C17H36N4O. The van der Waals surface area contributed by atoms with Crippen LogP contribution in [0.3, 0.4) is 0 Å². The molecule has 0 aliphatic carbocycles. The van der Waals surface area contributed by atoms with Crippen molar-refractivity contribution in [3.8, 4) is 0 Å². The second kappa shape index (κ2) is 9.36. The van der Waals surface area contributed by atoms with Crippen molar-refractivity contribution < 1.29 is 5.11 Å². The first-order valence-electron chi connectivity index (χ1n) is 8.95. The van der Waals surface area contributed by atoms with Crippen LogP contribution in [-0.4, -0.2) is 59.8 Å². The summed E-state index contributed by atoms with van der Waals surface area (Å²) in [4.78, 5) is 7.13. The van der Waals surface area contributed by atoms with E-state index in [0.717, 1.165) is 51.3 Å². The average Bonchev–Trinajstić information content (AvgIpc) is 2.53. The minimum atomic E-state index is -0.677. The predicted molar refractivity (Wildman–Crippen MR) is 94.4 cm³/mol. The lowest BCUT2D eigenvalue weighted by Crippen LogP contribution is -2.50. The molecule has 22 heavy (non-hydrogen) atoms. The second-order valence-corrected chi connectivity index (χ2v) is 6.67. The maximum absolute atomic E-state index is 10.4. The predicted octanol–water partition coefficient (Wildman–Crippen LogP) is 1.97. The van der Waals surface area contributed by atoms with Gasteiger partial charge in [-0.05, 0) is 46.5 Å². The van der Waals surface area contributed by atoms with Crippen molar-refractivity contribution in [1.29, 1.82) is 0 Å². The van der Waals surface area contributed by atoms with Crippen molar-refractivity contribution in [3.05, 3.63) is 0 Å². The number of hydrogen-bond acceptors (Lipinski definition) is 3. The minimum Gasteiger partial charge on any atom is -0.388 e. The Morgan fingerprint density at radius 3 is 2.27 bits per heavy atom. The molecule has 0 atom stereocenters. The molecule has 1 aliphatic rings. The lowest BCUT2D eigenvalue weighted by molar-refractivity contribution is 0.0417. The van der Waals surface area contributed by atoms with Gasteiger partial charge in [-0.3, -0.25) is 4.99 Å². The molecule has 5 heteroatoms. The van der Waals surface area contributed by atoms with Crippen LogP contribution in [-0.2, 0) is 0 Å². The van der Waals surface area contributed by atoms with E-state index in [4.69, 9.17) is 0 Å². The van der Waals surface area contributed by atoms with E-state index in [2.05, 4.69) is 41.3 Å². The maximum Gasteiger partial charge on any atom is 0.191 e. The Hall–Kier alpha value is -0.810. The van der Waals surface area contributed by atoms with Crippen LogP contribution in [0.1, 0.15) is 60.3 Å². The summed E-state index contributed by atoms with van der Waals surface area (Å²) in [5.41, 5.74) is -0.677. The van der Waals surface area contributed by atoms with Crippen molar-refractivity contribution in [3.63, 3.8) is 0 Å². The first-order valence-corrected chi connectivity index (χ1v) is 8.95. The molecule has 5 nitrogen and oxygen atoms in total. The van der Waals surface area contributed by atoms with Gasteiger partial charge in [0.1, 0.15) is 0 Å². The summed E-state index contributed by atoms with van der Waals surface area (Å²) in [5, 5.41) is 17.2. The topological polar surface area (TPSA) is 59.9 Å². The van der Waals surface area contributed by atoms with Gasteiger partial charge in [-0.1, -0.05) is 13.8 Å². The summed E-state index contributed by atoms with van der Waals surface area (Å²) in [7, 11) is 0. The highest BCUT2D eigenvalue weighted by atomic mass is 16.3. The summed E-state index contributed by atoms with van der Waals surface area (Å²) >= 11 is 0. The van der Waals surface area contributed by atoms with E-state index < -0.39 is 5.60 Å². The Morgan fingerprint density at radius 2 is 1.82 bits per heavy atom. The molecule has 0 saturated carbocycles. The van der Waals surface area contributed by atoms with Crippen LogP contribution in [0.5, 0.6) is 0 Å². The third-order valence-electron chi connectivity index (χ3n) is 4.79. The Balaban J connectivity index is 2.54. The average molecular weight is 313 g/mol. The summed E-state index contributed by atoms with van der Waals surface area (Å²) in [5.74, 6) is 0.839. The van der Waals surface area contributed by atoms with E-state index in [1.54, 1.807) is 0 Å². The summed E-state index contributed by atoms with van der Waals surface area (Å²) in [6.45, 7) is 14.2. The monoisotopic (exact) mass is 312 g/mol.